The van der Waals surface area contributed by atoms with Crippen molar-refractivity contribution in [1.29, 1.82) is 0 Å². The maximum atomic E-state index is 4.37. The van der Waals surface area contributed by atoms with Gasteiger partial charge in [-0.2, -0.15) is 5.10 Å². The van der Waals surface area contributed by atoms with Gasteiger partial charge in [0, 0.05) is 31.4 Å². The van der Waals surface area contributed by atoms with Crippen molar-refractivity contribution in [3.63, 3.8) is 0 Å². The Bertz CT molecular complexity index is 485. The molecule has 5 heteroatoms. The molecule has 0 aliphatic carbocycles. The molecule has 2 aromatic rings. The van der Waals surface area contributed by atoms with E-state index in [1.165, 1.54) is 6.42 Å². The second-order valence-corrected chi connectivity index (χ2v) is 4.69. The van der Waals surface area contributed by atoms with Crippen molar-refractivity contribution in [2.75, 3.05) is 0 Å². The fraction of sp³-hybridized carbons (Fsp3) is 0.615. The van der Waals surface area contributed by atoms with Crippen molar-refractivity contribution in [3.8, 4) is 0 Å². The van der Waals surface area contributed by atoms with E-state index in [1.807, 2.05) is 24.0 Å². The van der Waals surface area contributed by atoms with Crippen molar-refractivity contribution in [3.05, 3.63) is 30.4 Å². The van der Waals surface area contributed by atoms with E-state index >= 15 is 0 Å². The third kappa shape index (κ3) is 2.78. The van der Waals surface area contributed by atoms with Gasteiger partial charge in [-0.3, -0.25) is 4.68 Å². The minimum absolute atomic E-state index is 0.358. The van der Waals surface area contributed by atoms with Gasteiger partial charge >= 0.3 is 0 Å². The van der Waals surface area contributed by atoms with Crippen LogP contribution in [0.4, 0.5) is 0 Å². The highest BCUT2D eigenvalue weighted by molar-refractivity contribution is 4.95. The zero-order chi connectivity index (χ0) is 13.0. The predicted octanol–water partition coefficient (Wildman–Crippen LogP) is 2.39. The van der Waals surface area contributed by atoms with Crippen LogP contribution in [0, 0.1) is 6.92 Å². The summed E-state index contributed by atoms with van der Waals surface area (Å²) in [7, 11) is 0. The van der Waals surface area contributed by atoms with Crippen molar-refractivity contribution >= 4 is 0 Å². The molecule has 2 aromatic heterocycles. The average molecular weight is 247 g/mol. The van der Waals surface area contributed by atoms with E-state index in [-0.39, 0.29) is 0 Å². The molecular weight excluding hydrogens is 226 g/mol. The molecule has 0 N–H and O–H groups in total. The van der Waals surface area contributed by atoms with Crippen LogP contribution in [0.15, 0.2) is 18.7 Å². The van der Waals surface area contributed by atoms with Gasteiger partial charge in [0.05, 0.1) is 0 Å². The van der Waals surface area contributed by atoms with E-state index in [9.17, 15) is 0 Å². The SMILES string of the molecule is CCCCn1ncnc1C[C@H](C)n1ccnc1C. The van der Waals surface area contributed by atoms with Gasteiger partial charge in [-0.25, -0.2) is 9.97 Å². The first-order valence-electron chi connectivity index (χ1n) is 6.58. The Morgan fingerprint density at radius 1 is 1.33 bits per heavy atom. The molecule has 0 fully saturated rings. The number of hydrogen-bond acceptors (Lipinski definition) is 3. The van der Waals surface area contributed by atoms with Crippen LogP contribution in [0.5, 0.6) is 0 Å². The normalized spacial score (nSPS) is 12.8. The molecule has 0 unspecified atom stereocenters. The lowest BCUT2D eigenvalue weighted by molar-refractivity contribution is 0.479. The Hall–Kier alpha value is -1.65. The smallest absolute Gasteiger partial charge is 0.138 e. The van der Waals surface area contributed by atoms with Gasteiger partial charge in [-0.15, -0.1) is 0 Å². The van der Waals surface area contributed by atoms with Crippen molar-refractivity contribution < 1.29 is 0 Å². The van der Waals surface area contributed by atoms with E-state index in [1.54, 1.807) is 6.33 Å². The van der Waals surface area contributed by atoms with E-state index in [0.717, 1.165) is 31.0 Å². The summed E-state index contributed by atoms with van der Waals surface area (Å²) in [4.78, 5) is 8.63. The summed E-state index contributed by atoms with van der Waals surface area (Å²) < 4.78 is 4.20. The van der Waals surface area contributed by atoms with Gasteiger partial charge in [0.2, 0.25) is 0 Å². The van der Waals surface area contributed by atoms with Crippen LogP contribution >= 0.6 is 0 Å². The van der Waals surface area contributed by atoms with Gasteiger partial charge in [-0.1, -0.05) is 13.3 Å². The number of aromatic nitrogens is 5. The zero-order valence-corrected chi connectivity index (χ0v) is 11.4. The predicted molar refractivity (Wildman–Crippen MR) is 70.3 cm³/mol. The molecule has 0 aliphatic heterocycles. The Balaban J connectivity index is 2.05. The standard InChI is InChI=1S/C13H21N5/c1-4-5-7-18-13(15-10-16-18)9-11(2)17-8-6-14-12(17)3/h6,8,10-11H,4-5,7,9H2,1-3H3/t11-/m0/s1. The van der Waals surface area contributed by atoms with Crippen LogP contribution in [-0.2, 0) is 13.0 Å². The van der Waals surface area contributed by atoms with E-state index < -0.39 is 0 Å². The highest BCUT2D eigenvalue weighted by Gasteiger charge is 2.12. The first-order chi connectivity index (χ1) is 8.72. The van der Waals surface area contributed by atoms with Crippen molar-refractivity contribution in [2.24, 2.45) is 0 Å². The Kier molecular flexibility index (Phi) is 4.12. The molecule has 0 amide bonds. The molecule has 98 valence electrons. The van der Waals surface area contributed by atoms with E-state index in [0.29, 0.717) is 6.04 Å². The maximum absolute atomic E-state index is 4.37. The van der Waals surface area contributed by atoms with Gasteiger partial charge in [0.15, 0.2) is 0 Å². The monoisotopic (exact) mass is 247 g/mol. The summed E-state index contributed by atoms with van der Waals surface area (Å²) in [5.74, 6) is 2.10. The number of unbranched alkanes of at least 4 members (excludes halogenated alkanes) is 1. The van der Waals surface area contributed by atoms with Gasteiger partial charge in [0.25, 0.3) is 0 Å². The maximum Gasteiger partial charge on any atom is 0.138 e. The Morgan fingerprint density at radius 2 is 2.17 bits per heavy atom. The molecule has 0 aromatic carbocycles. The summed E-state index contributed by atoms with van der Waals surface area (Å²) in [6, 6.07) is 0.358. The first-order valence-corrected chi connectivity index (χ1v) is 6.58. The lowest BCUT2D eigenvalue weighted by Gasteiger charge is -2.15. The zero-order valence-electron chi connectivity index (χ0n) is 11.4. The molecule has 0 spiro atoms. The quantitative estimate of drug-likeness (QED) is 0.787. The molecule has 5 nitrogen and oxygen atoms in total. The molecule has 18 heavy (non-hydrogen) atoms. The molecule has 0 saturated heterocycles. The first kappa shape index (κ1) is 12.8. The fourth-order valence-electron chi connectivity index (χ4n) is 2.16. The second kappa shape index (κ2) is 5.80. The third-order valence-corrected chi connectivity index (χ3v) is 3.23. The van der Waals surface area contributed by atoms with Crippen LogP contribution in [0.1, 0.15) is 44.4 Å². The summed E-state index contributed by atoms with van der Waals surface area (Å²) >= 11 is 0. The van der Waals surface area contributed by atoms with Crippen LogP contribution in [-0.4, -0.2) is 24.3 Å². The molecule has 2 rings (SSSR count). The lowest BCUT2D eigenvalue weighted by atomic mass is 10.2. The molecule has 2 heterocycles. The van der Waals surface area contributed by atoms with Gasteiger partial charge < -0.3 is 4.57 Å². The van der Waals surface area contributed by atoms with E-state index in [4.69, 9.17) is 0 Å². The van der Waals surface area contributed by atoms with Crippen molar-refractivity contribution in [1.82, 2.24) is 24.3 Å². The Morgan fingerprint density at radius 3 is 2.83 bits per heavy atom. The van der Waals surface area contributed by atoms with Gasteiger partial charge in [-0.05, 0) is 20.3 Å². The lowest BCUT2D eigenvalue weighted by Crippen LogP contribution is -2.14. The minimum atomic E-state index is 0.358. The molecule has 0 aliphatic rings. The molecule has 0 saturated carbocycles. The van der Waals surface area contributed by atoms with Crippen LogP contribution in [0.3, 0.4) is 0 Å². The summed E-state index contributed by atoms with van der Waals surface area (Å²) in [5.41, 5.74) is 0. The molecule has 0 bridgehead atoms. The van der Waals surface area contributed by atoms with Crippen molar-refractivity contribution in [2.45, 2.75) is 52.6 Å². The van der Waals surface area contributed by atoms with Crippen LogP contribution < -0.4 is 0 Å². The van der Waals surface area contributed by atoms with E-state index in [2.05, 4.69) is 33.5 Å². The summed E-state index contributed by atoms with van der Waals surface area (Å²) in [6.45, 7) is 7.36. The molecular formula is C13H21N5. The summed E-state index contributed by atoms with van der Waals surface area (Å²) in [5, 5.41) is 4.29. The summed E-state index contributed by atoms with van der Waals surface area (Å²) in [6.07, 6.45) is 8.73. The van der Waals surface area contributed by atoms with Crippen LogP contribution in [0.25, 0.3) is 0 Å². The molecule has 1 atom stereocenters. The van der Waals surface area contributed by atoms with Crippen LogP contribution in [0.2, 0.25) is 0 Å². The number of imidazole rings is 1. The number of aryl methyl sites for hydroxylation is 2. The third-order valence-electron chi connectivity index (χ3n) is 3.23. The number of hydrogen-bond donors (Lipinski definition) is 0. The topological polar surface area (TPSA) is 48.5 Å². The average Bonchev–Trinajstić information content (AvgIpc) is 2.95. The fourth-order valence-corrected chi connectivity index (χ4v) is 2.16. The number of nitrogens with zero attached hydrogens (tertiary/aromatic N) is 5. The van der Waals surface area contributed by atoms with Gasteiger partial charge in [0.1, 0.15) is 18.0 Å². The highest BCUT2D eigenvalue weighted by atomic mass is 15.3. The highest BCUT2D eigenvalue weighted by Crippen LogP contribution is 2.14. The minimum Gasteiger partial charge on any atom is -0.332 e. The Labute approximate surface area is 108 Å². The number of rotatable bonds is 6. The molecule has 0 radical (unpaired) electrons. The largest absolute Gasteiger partial charge is 0.332 e. The second-order valence-electron chi connectivity index (χ2n) is 4.69.